The van der Waals surface area contributed by atoms with E-state index in [-0.39, 0.29) is 42.2 Å². The van der Waals surface area contributed by atoms with Gasteiger partial charge in [0, 0.05) is 6.54 Å². The maximum absolute atomic E-state index is 12.3. The Morgan fingerprint density at radius 1 is 0.817 bits per heavy atom. The molecule has 60 heavy (non-hydrogen) atoms. The number of benzene rings is 4. The van der Waals surface area contributed by atoms with Crippen LogP contribution in [0.1, 0.15) is 61.3 Å². The van der Waals surface area contributed by atoms with E-state index < -0.39 is 12.3 Å². The average Bonchev–Trinajstić information content (AvgIpc) is 3.25. The van der Waals surface area contributed by atoms with E-state index in [1.54, 1.807) is 36.4 Å². The molecule has 0 saturated heterocycles. The molecular formula is C47H62N4O9. The molecule has 0 aromatic heterocycles. The Balaban J connectivity index is 0.000000509. The van der Waals surface area contributed by atoms with Crippen molar-refractivity contribution in [2.75, 3.05) is 13.1 Å². The van der Waals surface area contributed by atoms with E-state index in [1.165, 1.54) is 42.4 Å². The van der Waals surface area contributed by atoms with Gasteiger partial charge in [-0.15, -0.1) is 0 Å². The second-order valence-electron chi connectivity index (χ2n) is 14.0. The zero-order valence-corrected chi connectivity index (χ0v) is 34.6. The lowest BCUT2D eigenvalue weighted by Gasteiger charge is -2.31. The number of rotatable bonds is 18. The van der Waals surface area contributed by atoms with Gasteiger partial charge in [-0.05, 0) is 110 Å². The lowest BCUT2D eigenvalue weighted by atomic mass is 9.78. The number of nitrogens with two attached hydrogens (primary N) is 1. The molecule has 1 aliphatic rings. The number of hydrogen-bond donors (Lipinski definition) is 8. The highest BCUT2D eigenvalue weighted by atomic mass is 16.7. The standard InChI is InChI=1S/C22H31N3O6.C16H18.C7H8O.CH3NO.CH2O/c1-22(9-6-18(28)7-10-22)13-19(12-20(29)23-14-21(30)24-15-26)31-25-11-8-16-2-4-17(27)5-3-16;1-3-9-15(10-4-1)13-7-8-14-16-11-5-2-6-12-16;1-6-2-4-7(8)5-3-6;2-1-3;1-2/h2-7,9,15,19,21,25,27-28,30H,8,10-14H2,1H3,(H,23,29)(H,24,26);1-6,9-12H,7-8,13-14H2;2-5,8H,1H3;1H,(H2,2,3);1H2. The van der Waals surface area contributed by atoms with E-state index in [1.807, 2.05) is 51.0 Å². The SMILES string of the molecule is C=O.CC1(CC(CC(=O)NCC(O)NC=O)ONCCc2ccc(O)cc2)C=CC(O)=CC1.Cc1ccc(O)cc1.NC=O.c1ccc(CCCCc2ccccc2)cc1. The van der Waals surface area contributed by atoms with Gasteiger partial charge in [-0.2, -0.15) is 0 Å². The van der Waals surface area contributed by atoms with E-state index in [0.29, 0.717) is 38.0 Å². The van der Waals surface area contributed by atoms with Crippen LogP contribution in [0.4, 0.5) is 0 Å². The third-order valence-electron chi connectivity index (χ3n) is 8.90. The maximum atomic E-state index is 12.3. The molecule has 0 fully saturated rings. The summed E-state index contributed by atoms with van der Waals surface area (Å²) >= 11 is 0. The fourth-order valence-electron chi connectivity index (χ4n) is 5.74. The molecule has 4 aromatic rings. The summed E-state index contributed by atoms with van der Waals surface area (Å²) in [5.41, 5.74) is 11.9. The fraction of sp³-hybridized carbons (Fsp3) is 0.319. The summed E-state index contributed by atoms with van der Waals surface area (Å²) in [7, 11) is 0. The van der Waals surface area contributed by atoms with Gasteiger partial charge in [0.05, 0.1) is 19.1 Å². The molecule has 13 heteroatoms. The molecule has 4 aromatic carbocycles. The minimum absolute atomic E-state index is 0.0547. The number of hydroxylamine groups is 1. The van der Waals surface area contributed by atoms with Crippen molar-refractivity contribution in [1.29, 1.82) is 0 Å². The monoisotopic (exact) mass is 826 g/mol. The van der Waals surface area contributed by atoms with Crippen LogP contribution < -0.4 is 21.8 Å². The van der Waals surface area contributed by atoms with Gasteiger partial charge in [0.15, 0.2) is 0 Å². The molecule has 5 rings (SSSR count). The second-order valence-corrected chi connectivity index (χ2v) is 14.0. The first kappa shape index (κ1) is 51.7. The number of amides is 3. The molecule has 9 N–H and O–H groups in total. The number of hydrogen-bond acceptors (Lipinski definition) is 10. The smallest absolute Gasteiger partial charge is 0.222 e. The molecule has 0 spiro atoms. The highest BCUT2D eigenvalue weighted by Gasteiger charge is 2.29. The summed E-state index contributed by atoms with van der Waals surface area (Å²) in [4.78, 5) is 45.0. The van der Waals surface area contributed by atoms with E-state index in [2.05, 4.69) is 82.5 Å². The third kappa shape index (κ3) is 25.2. The van der Waals surface area contributed by atoms with Crippen molar-refractivity contribution in [2.24, 2.45) is 11.1 Å². The highest BCUT2D eigenvalue weighted by Crippen LogP contribution is 2.35. The topological polar surface area (TPSA) is 221 Å². The summed E-state index contributed by atoms with van der Waals surface area (Å²) in [6.07, 6.45) is 11.1. The average molecular weight is 827 g/mol. The van der Waals surface area contributed by atoms with Gasteiger partial charge in [0.1, 0.15) is 30.3 Å². The molecule has 3 atom stereocenters. The van der Waals surface area contributed by atoms with E-state index in [0.717, 1.165) is 5.56 Å². The van der Waals surface area contributed by atoms with Crippen LogP contribution in [0.5, 0.6) is 11.5 Å². The Hall–Kier alpha value is -6.28. The summed E-state index contributed by atoms with van der Waals surface area (Å²) in [5, 5.41) is 41.9. The molecule has 3 amide bonds. The highest BCUT2D eigenvalue weighted by molar-refractivity contribution is 5.76. The minimum Gasteiger partial charge on any atom is -0.508 e. The van der Waals surface area contributed by atoms with Gasteiger partial charge >= 0.3 is 0 Å². The first-order valence-electron chi connectivity index (χ1n) is 19.6. The minimum atomic E-state index is -1.16. The largest absolute Gasteiger partial charge is 0.508 e. The molecule has 324 valence electrons. The maximum Gasteiger partial charge on any atom is 0.222 e. The van der Waals surface area contributed by atoms with Crippen LogP contribution in [-0.4, -0.2) is 71.4 Å². The van der Waals surface area contributed by atoms with Crippen molar-refractivity contribution in [1.82, 2.24) is 16.1 Å². The molecule has 0 saturated carbocycles. The Bertz CT molecular complexity index is 1730. The molecule has 0 radical (unpaired) electrons. The fourth-order valence-corrected chi connectivity index (χ4v) is 5.74. The van der Waals surface area contributed by atoms with Crippen molar-refractivity contribution in [3.8, 4) is 11.5 Å². The number of nitrogens with one attached hydrogen (secondary N) is 3. The Kier molecular flexibility index (Phi) is 27.3. The van der Waals surface area contributed by atoms with Crippen LogP contribution in [0, 0.1) is 12.3 Å². The molecule has 0 aliphatic heterocycles. The lowest BCUT2D eigenvalue weighted by Crippen LogP contribution is -2.42. The number of aliphatic hydroxyl groups excluding tert-OH is 2. The second kappa shape index (κ2) is 31.7. The van der Waals surface area contributed by atoms with Crippen molar-refractivity contribution >= 4 is 25.5 Å². The van der Waals surface area contributed by atoms with Crippen LogP contribution in [-0.2, 0) is 43.3 Å². The molecule has 3 unspecified atom stereocenters. The number of aromatic hydroxyl groups is 2. The third-order valence-corrected chi connectivity index (χ3v) is 8.90. The Morgan fingerprint density at radius 2 is 1.32 bits per heavy atom. The van der Waals surface area contributed by atoms with Crippen molar-refractivity contribution in [3.05, 3.63) is 155 Å². The summed E-state index contributed by atoms with van der Waals surface area (Å²) in [5.74, 6) is 0.437. The number of carbonyl (C=O) groups is 4. The number of phenolic OH excluding ortho intramolecular Hbond substituents is 2. The number of primary amides is 1. The number of carbonyl (C=O) groups excluding carboxylic acids is 4. The van der Waals surface area contributed by atoms with E-state index >= 15 is 0 Å². The molecule has 0 heterocycles. The van der Waals surface area contributed by atoms with E-state index in [4.69, 9.17) is 19.5 Å². The van der Waals surface area contributed by atoms with Crippen LogP contribution in [0.2, 0.25) is 0 Å². The molecule has 0 bridgehead atoms. The van der Waals surface area contributed by atoms with Gasteiger partial charge in [-0.3, -0.25) is 19.2 Å². The zero-order valence-electron chi connectivity index (χ0n) is 34.6. The normalized spacial score (nSPS) is 14.5. The van der Waals surface area contributed by atoms with E-state index in [9.17, 15) is 24.9 Å². The van der Waals surface area contributed by atoms with Gasteiger partial charge in [0.2, 0.25) is 18.7 Å². The van der Waals surface area contributed by atoms with Crippen molar-refractivity contribution < 1.29 is 44.4 Å². The molecular weight excluding hydrogens is 765 g/mol. The quantitative estimate of drug-likeness (QED) is 0.0251. The zero-order chi connectivity index (χ0) is 44.4. The lowest BCUT2D eigenvalue weighted by molar-refractivity contribution is -0.128. The molecule has 1 aliphatic carbocycles. The predicted octanol–water partition coefficient (Wildman–Crippen LogP) is 6.06. The number of aryl methyl sites for hydroxylation is 3. The Morgan fingerprint density at radius 3 is 1.78 bits per heavy atom. The van der Waals surface area contributed by atoms with Crippen LogP contribution in [0.15, 0.2) is 133 Å². The van der Waals surface area contributed by atoms with Gasteiger partial charge in [-0.1, -0.05) is 103 Å². The van der Waals surface area contributed by atoms with Gasteiger partial charge < -0.3 is 41.6 Å². The molecule has 13 nitrogen and oxygen atoms in total. The first-order chi connectivity index (χ1) is 28.9. The number of unbranched alkanes of at least 4 members (excludes halogenated alkanes) is 1. The van der Waals surface area contributed by atoms with Crippen molar-refractivity contribution in [2.45, 2.75) is 77.5 Å². The number of allylic oxidation sites excluding steroid dienone is 3. The number of phenols is 2. The van der Waals surface area contributed by atoms with Gasteiger partial charge in [0.25, 0.3) is 0 Å². The Labute approximate surface area is 354 Å². The summed E-state index contributed by atoms with van der Waals surface area (Å²) < 4.78 is 0. The first-order valence-corrected chi connectivity index (χ1v) is 19.6. The summed E-state index contributed by atoms with van der Waals surface area (Å²) in [6, 6.07) is 35.5. The van der Waals surface area contributed by atoms with Gasteiger partial charge in [-0.25, -0.2) is 5.48 Å². The van der Waals surface area contributed by atoms with Crippen LogP contribution in [0.3, 0.4) is 0 Å². The van der Waals surface area contributed by atoms with Crippen LogP contribution >= 0.6 is 0 Å². The number of aliphatic hydroxyl groups is 2. The van der Waals surface area contributed by atoms with Crippen molar-refractivity contribution in [3.63, 3.8) is 0 Å². The summed E-state index contributed by atoms with van der Waals surface area (Å²) in [6.45, 7) is 6.42. The van der Waals surface area contributed by atoms with Crippen LogP contribution in [0.25, 0.3) is 0 Å². The predicted molar refractivity (Wildman–Crippen MR) is 234 cm³/mol.